The predicted octanol–water partition coefficient (Wildman–Crippen LogP) is 2.48. The number of hydrogen-bond acceptors (Lipinski definition) is 4. The molecule has 1 aromatic carbocycles. The number of hydrogen-bond donors (Lipinski definition) is 2. The van der Waals surface area contributed by atoms with E-state index in [0.717, 1.165) is 22.3 Å². The summed E-state index contributed by atoms with van der Waals surface area (Å²) in [6, 6.07) is 5.95. The van der Waals surface area contributed by atoms with Crippen molar-refractivity contribution in [1.29, 1.82) is 0 Å². The van der Waals surface area contributed by atoms with Gasteiger partial charge in [-0.15, -0.1) is 0 Å². The minimum absolute atomic E-state index is 0.0207. The highest BCUT2D eigenvalue weighted by molar-refractivity contribution is 9.10. The molecule has 2 atom stereocenters. The van der Waals surface area contributed by atoms with Gasteiger partial charge in [-0.25, -0.2) is 0 Å². The zero-order valence-corrected chi connectivity index (χ0v) is 13.7. The minimum Gasteiger partial charge on any atom is -0.394 e. The van der Waals surface area contributed by atoms with Crippen LogP contribution in [0.1, 0.15) is 32.4 Å². The van der Waals surface area contributed by atoms with Gasteiger partial charge in [0.15, 0.2) is 0 Å². The van der Waals surface area contributed by atoms with Crippen LogP contribution < -0.4 is 4.90 Å². The third-order valence-corrected chi connectivity index (χ3v) is 4.17. The maximum atomic E-state index is 9.67. The molecular weight excluding hydrogens is 322 g/mol. The Hall–Kier alpha value is -0.620. The van der Waals surface area contributed by atoms with Crippen LogP contribution in [0.25, 0.3) is 0 Å². The summed E-state index contributed by atoms with van der Waals surface area (Å²) in [6.07, 6.45) is -0.668. The highest BCUT2D eigenvalue weighted by Crippen LogP contribution is 2.31. The molecule has 0 radical (unpaired) electrons. The fourth-order valence-electron chi connectivity index (χ4n) is 2.64. The average molecular weight is 344 g/mol. The number of benzene rings is 1. The van der Waals surface area contributed by atoms with Gasteiger partial charge in [0.2, 0.25) is 0 Å². The molecule has 112 valence electrons. The summed E-state index contributed by atoms with van der Waals surface area (Å²) in [5, 5.41) is 19.0. The Balaban J connectivity index is 2.24. The van der Waals surface area contributed by atoms with E-state index in [1.807, 2.05) is 32.0 Å². The van der Waals surface area contributed by atoms with Crippen molar-refractivity contribution in [3.63, 3.8) is 0 Å². The molecule has 0 aromatic heterocycles. The van der Waals surface area contributed by atoms with Crippen molar-refractivity contribution in [2.24, 2.45) is 0 Å². The molecule has 0 saturated carbocycles. The van der Waals surface area contributed by atoms with Crippen molar-refractivity contribution in [3.05, 3.63) is 28.2 Å². The molecule has 0 spiro atoms. The summed E-state index contributed by atoms with van der Waals surface area (Å²) in [5.74, 6) is 0. The quantitative estimate of drug-likeness (QED) is 0.885. The van der Waals surface area contributed by atoms with Crippen LogP contribution in [0.3, 0.4) is 0 Å². The Bertz CT molecular complexity index is 476. The fourth-order valence-corrected chi connectivity index (χ4v) is 3.34. The van der Waals surface area contributed by atoms with Crippen LogP contribution in [0.5, 0.6) is 0 Å². The fraction of sp³-hybridized carbons (Fsp3) is 0.600. The Morgan fingerprint density at radius 3 is 2.75 bits per heavy atom. The molecule has 0 aliphatic carbocycles. The van der Waals surface area contributed by atoms with Gasteiger partial charge in [-0.05, 0) is 38.5 Å². The SMILES string of the molecule is CC(O)c1ccc(N2CC(CO)OC(C)(C)C2)cc1Br. The second-order valence-electron chi connectivity index (χ2n) is 5.94. The molecule has 0 amide bonds. The van der Waals surface area contributed by atoms with Crippen LogP contribution in [-0.4, -0.2) is 41.6 Å². The van der Waals surface area contributed by atoms with E-state index >= 15 is 0 Å². The van der Waals surface area contributed by atoms with Crippen molar-refractivity contribution < 1.29 is 14.9 Å². The average Bonchev–Trinajstić information content (AvgIpc) is 2.36. The van der Waals surface area contributed by atoms with Crippen molar-refractivity contribution in [3.8, 4) is 0 Å². The van der Waals surface area contributed by atoms with Crippen LogP contribution in [-0.2, 0) is 4.74 Å². The first-order chi connectivity index (χ1) is 9.32. The topological polar surface area (TPSA) is 52.9 Å². The molecule has 4 nitrogen and oxygen atoms in total. The lowest BCUT2D eigenvalue weighted by Crippen LogP contribution is -2.54. The summed E-state index contributed by atoms with van der Waals surface area (Å²) in [4.78, 5) is 2.21. The lowest BCUT2D eigenvalue weighted by molar-refractivity contribution is -0.101. The molecule has 2 N–H and O–H groups in total. The largest absolute Gasteiger partial charge is 0.394 e. The van der Waals surface area contributed by atoms with Crippen molar-refractivity contribution >= 4 is 21.6 Å². The van der Waals surface area contributed by atoms with Gasteiger partial charge in [0.05, 0.1) is 24.4 Å². The van der Waals surface area contributed by atoms with Crippen molar-refractivity contribution in [1.82, 2.24) is 0 Å². The number of nitrogens with zero attached hydrogens (tertiary/aromatic N) is 1. The van der Waals surface area contributed by atoms with E-state index in [1.165, 1.54) is 0 Å². The standard InChI is InChI=1S/C15H22BrNO3/c1-10(19)13-5-4-11(6-14(13)16)17-7-12(8-18)20-15(2,3)9-17/h4-6,10,12,18-19H,7-9H2,1-3H3. The second kappa shape index (κ2) is 6.02. The minimum atomic E-state index is -0.496. The van der Waals surface area contributed by atoms with Crippen LogP contribution in [0.2, 0.25) is 0 Å². The number of anilines is 1. The van der Waals surface area contributed by atoms with Gasteiger partial charge in [-0.1, -0.05) is 22.0 Å². The third kappa shape index (κ3) is 3.52. The highest BCUT2D eigenvalue weighted by atomic mass is 79.9. The van der Waals surface area contributed by atoms with E-state index in [1.54, 1.807) is 6.92 Å². The van der Waals surface area contributed by atoms with Gasteiger partial charge in [-0.2, -0.15) is 0 Å². The van der Waals surface area contributed by atoms with Gasteiger partial charge in [0.1, 0.15) is 0 Å². The molecule has 2 unspecified atom stereocenters. The first kappa shape index (κ1) is 15.8. The van der Waals surface area contributed by atoms with E-state index in [2.05, 4.69) is 20.8 Å². The van der Waals surface area contributed by atoms with E-state index in [4.69, 9.17) is 4.74 Å². The van der Waals surface area contributed by atoms with E-state index < -0.39 is 6.10 Å². The number of rotatable bonds is 3. The van der Waals surface area contributed by atoms with Gasteiger partial charge in [0.25, 0.3) is 0 Å². The van der Waals surface area contributed by atoms with Gasteiger partial charge >= 0.3 is 0 Å². The first-order valence-corrected chi connectivity index (χ1v) is 7.63. The molecule has 20 heavy (non-hydrogen) atoms. The van der Waals surface area contributed by atoms with Crippen molar-refractivity contribution in [2.45, 2.75) is 38.6 Å². The maximum Gasteiger partial charge on any atom is 0.0988 e. The maximum absolute atomic E-state index is 9.67. The van der Waals surface area contributed by atoms with Crippen LogP contribution in [0.4, 0.5) is 5.69 Å². The summed E-state index contributed by atoms with van der Waals surface area (Å²) in [7, 11) is 0. The Labute approximate surface area is 128 Å². The molecule has 1 aromatic rings. The number of aliphatic hydroxyl groups is 2. The number of aliphatic hydroxyl groups excluding tert-OH is 2. The zero-order chi connectivity index (χ0) is 14.9. The van der Waals surface area contributed by atoms with E-state index in [0.29, 0.717) is 6.54 Å². The third-order valence-electron chi connectivity index (χ3n) is 3.48. The predicted molar refractivity (Wildman–Crippen MR) is 83.0 cm³/mol. The first-order valence-electron chi connectivity index (χ1n) is 6.83. The number of morpholine rings is 1. The molecule has 1 saturated heterocycles. The zero-order valence-electron chi connectivity index (χ0n) is 12.1. The summed E-state index contributed by atoms with van der Waals surface area (Å²) in [5.41, 5.74) is 1.65. The van der Waals surface area contributed by atoms with E-state index in [-0.39, 0.29) is 18.3 Å². The smallest absolute Gasteiger partial charge is 0.0988 e. The molecule has 1 fully saturated rings. The van der Waals surface area contributed by atoms with Crippen LogP contribution in [0, 0.1) is 0 Å². The molecule has 1 aliphatic heterocycles. The second-order valence-corrected chi connectivity index (χ2v) is 6.80. The summed E-state index contributed by atoms with van der Waals surface area (Å²) >= 11 is 3.51. The monoisotopic (exact) mass is 343 g/mol. The summed E-state index contributed by atoms with van der Waals surface area (Å²) < 4.78 is 6.72. The lowest BCUT2D eigenvalue weighted by atomic mass is 10.0. The number of halogens is 1. The molecule has 1 heterocycles. The van der Waals surface area contributed by atoms with Crippen molar-refractivity contribution in [2.75, 3.05) is 24.6 Å². The lowest BCUT2D eigenvalue weighted by Gasteiger charge is -2.43. The van der Waals surface area contributed by atoms with Gasteiger partial charge < -0.3 is 19.8 Å². The molecule has 2 rings (SSSR count). The van der Waals surface area contributed by atoms with Gasteiger partial charge in [0, 0.05) is 23.2 Å². The Morgan fingerprint density at radius 1 is 1.50 bits per heavy atom. The molecule has 5 heteroatoms. The highest BCUT2D eigenvalue weighted by Gasteiger charge is 2.33. The van der Waals surface area contributed by atoms with Crippen LogP contribution >= 0.6 is 15.9 Å². The number of ether oxygens (including phenoxy) is 1. The molecule has 1 aliphatic rings. The Kier molecular flexibility index (Phi) is 4.74. The molecule has 0 bridgehead atoms. The molecular formula is C15H22BrNO3. The van der Waals surface area contributed by atoms with Crippen LogP contribution in [0.15, 0.2) is 22.7 Å². The van der Waals surface area contributed by atoms with E-state index in [9.17, 15) is 10.2 Å². The summed E-state index contributed by atoms with van der Waals surface area (Å²) in [6.45, 7) is 7.26. The Morgan fingerprint density at radius 2 is 2.20 bits per heavy atom. The van der Waals surface area contributed by atoms with Gasteiger partial charge in [-0.3, -0.25) is 0 Å². The normalized spacial score (nSPS) is 23.7.